The van der Waals surface area contributed by atoms with Crippen LogP contribution in [0.25, 0.3) is 0 Å². The van der Waals surface area contributed by atoms with Crippen molar-refractivity contribution in [1.29, 1.82) is 0 Å². The van der Waals surface area contributed by atoms with Crippen molar-refractivity contribution in [3.63, 3.8) is 0 Å². The number of nitrogens with one attached hydrogen (secondary N) is 1. The van der Waals surface area contributed by atoms with Crippen LogP contribution in [0.3, 0.4) is 0 Å². The largest absolute Gasteiger partial charge is 0.490 e. The molecule has 2 aromatic rings. The Hall–Kier alpha value is -2.55. The van der Waals surface area contributed by atoms with E-state index in [1.54, 1.807) is 13.2 Å². The Labute approximate surface area is 267 Å². The molecule has 1 fully saturated rings. The number of halogens is 1. The summed E-state index contributed by atoms with van der Waals surface area (Å²) in [5, 5.41) is 0.0289. The van der Waals surface area contributed by atoms with Crippen molar-refractivity contribution in [2.24, 2.45) is 23.7 Å². The number of methoxy groups -OCH3 is 1. The van der Waals surface area contributed by atoms with Gasteiger partial charge in [0.05, 0.1) is 23.6 Å². The van der Waals surface area contributed by atoms with E-state index in [0.717, 1.165) is 61.7 Å². The van der Waals surface area contributed by atoms with Crippen molar-refractivity contribution >= 4 is 33.2 Å². The predicted molar refractivity (Wildman–Crippen MR) is 175 cm³/mol. The van der Waals surface area contributed by atoms with E-state index in [9.17, 15) is 13.2 Å². The van der Waals surface area contributed by atoms with Gasteiger partial charge in [0.1, 0.15) is 5.75 Å². The molecule has 1 unspecified atom stereocenters. The molecule has 0 aromatic heterocycles. The van der Waals surface area contributed by atoms with Gasteiger partial charge in [0.15, 0.2) is 0 Å². The molecule has 9 heteroatoms. The minimum atomic E-state index is -3.95. The summed E-state index contributed by atoms with van der Waals surface area (Å²) in [6.45, 7) is 7.80. The lowest BCUT2D eigenvalue weighted by molar-refractivity contribution is 0.0131. The third-order valence-electron chi connectivity index (χ3n) is 10.6. The fourth-order valence-electron chi connectivity index (χ4n) is 8.33. The van der Waals surface area contributed by atoms with Crippen LogP contribution in [-0.2, 0) is 26.6 Å². The quantitative estimate of drug-likeness (QED) is 0.376. The minimum absolute atomic E-state index is 0.0387. The Morgan fingerprint density at radius 2 is 1.98 bits per heavy atom. The first-order chi connectivity index (χ1) is 21.0. The van der Waals surface area contributed by atoms with E-state index < -0.39 is 21.2 Å². The second kappa shape index (κ2) is 12.3. The molecular formula is C35H45ClN2O5S. The molecule has 0 radical (unpaired) electrons. The molecule has 1 amide bonds. The highest BCUT2D eigenvalue weighted by Gasteiger charge is 2.44. The van der Waals surface area contributed by atoms with Crippen molar-refractivity contribution in [3.05, 3.63) is 70.3 Å². The zero-order chi connectivity index (χ0) is 31.2. The maximum Gasteiger partial charge on any atom is 0.264 e. The number of ether oxygens (including phenoxy) is 2. The Morgan fingerprint density at radius 1 is 1.16 bits per heavy atom. The number of amides is 1. The number of fused-ring (bicyclic) bond motifs is 4. The molecule has 2 aliphatic carbocycles. The van der Waals surface area contributed by atoms with Gasteiger partial charge in [0, 0.05) is 36.2 Å². The number of benzene rings is 2. The Kier molecular flexibility index (Phi) is 8.81. The number of hydrogen-bond acceptors (Lipinski definition) is 6. The number of carbonyl (C=O) groups is 1. The van der Waals surface area contributed by atoms with Gasteiger partial charge in [-0.15, -0.1) is 0 Å². The maximum absolute atomic E-state index is 13.6. The number of allylic oxidation sites excluding steroid dienone is 1. The molecule has 2 bridgehead atoms. The summed E-state index contributed by atoms with van der Waals surface area (Å²) in [5.41, 5.74) is 3.48. The summed E-state index contributed by atoms with van der Waals surface area (Å²) in [6.07, 6.45) is 9.97. The normalized spacial score (nSPS) is 32.5. The first-order valence-corrected chi connectivity index (χ1v) is 18.0. The van der Waals surface area contributed by atoms with Gasteiger partial charge in [-0.25, -0.2) is 13.1 Å². The van der Waals surface area contributed by atoms with Crippen molar-refractivity contribution in [2.45, 2.75) is 76.1 Å². The van der Waals surface area contributed by atoms with Crippen LogP contribution < -0.4 is 14.4 Å². The average Bonchev–Trinajstić information content (AvgIpc) is 3.10. The van der Waals surface area contributed by atoms with E-state index in [-0.39, 0.29) is 23.4 Å². The molecule has 6 atom stereocenters. The molecule has 4 aliphatic rings. The molecule has 7 nitrogen and oxygen atoms in total. The van der Waals surface area contributed by atoms with Crippen LogP contribution in [-0.4, -0.2) is 52.5 Å². The maximum atomic E-state index is 13.6. The van der Waals surface area contributed by atoms with E-state index in [0.29, 0.717) is 30.4 Å². The van der Waals surface area contributed by atoms with Crippen LogP contribution in [0, 0.1) is 23.7 Å². The molecule has 2 aromatic carbocycles. The summed E-state index contributed by atoms with van der Waals surface area (Å²) >= 11 is 6.42. The van der Waals surface area contributed by atoms with Gasteiger partial charge in [0.25, 0.3) is 5.91 Å². The van der Waals surface area contributed by atoms with Gasteiger partial charge in [0.2, 0.25) is 10.0 Å². The van der Waals surface area contributed by atoms with Gasteiger partial charge >= 0.3 is 0 Å². The first kappa shape index (κ1) is 31.4. The summed E-state index contributed by atoms with van der Waals surface area (Å²) in [7, 11) is -2.18. The predicted octanol–water partition coefficient (Wildman–Crippen LogP) is 6.53. The van der Waals surface area contributed by atoms with Crippen molar-refractivity contribution in [1.82, 2.24) is 4.72 Å². The molecule has 44 heavy (non-hydrogen) atoms. The topological polar surface area (TPSA) is 84.9 Å². The lowest BCUT2D eigenvalue weighted by atomic mass is 9.68. The minimum Gasteiger partial charge on any atom is -0.490 e. The molecule has 2 aliphatic heterocycles. The van der Waals surface area contributed by atoms with Crippen LogP contribution >= 0.6 is 11.6 Å². The van der Waals surface area contributed by atoms with E-state index in [4.69, 9.17) is 21.1 Å². The van der Waals surface area contributed by atoms with Crippen LogP contribution in [0.15, 0.2) is 48.6 Å². The summed E-state index contributed by atoms with van der Waals surface area (Å²) in [4.78, 5) is 16.0. The number of carbonyl (C=O) groups excluding carboxylic acids is 1. The summed E-state index contributed by atoms with van der Waals surface area (Å²) in [5.74, 6) is 0.530. The molecule has 1 spiro atoms. The van der Waals surface area contributed by atoms with Crippen LogP contribution in [0.2, 0.25) is 5.02 Å². The van der Waals surface area contributed by atoms with Crippen molar-refractivity contribution in [2.75, 3.05) is 31.7 Å². The van der Waals surface area contributed by atoms with Gasteiger partial charge in [-0.1, -0.05) is 50.6 Å². The van der Waals surface area contributed by atoms with Gasteiger partial charge in [-0.3, -0.25) is 4.79 Å². The van der Waals surface area contributed by atoms with Gasteiger partial charge in [-0.05, 0) is 104 Å². The third kappa shape index (κ3) is 5.90. The fourth-order valence-corrected chi connectivity index (χ4v) is 10.5. The van der Waals surface area contributed by atoms with E-state index in [1.807, 2.05) is 39.0 Å². The second-order valence-corrected chi connectivity index (χ2v) is 16.1. The highest BCUT2D eigenvalue weighted by atomic mass is 35.5. The molecule has 2 heterocycles. The van der Waals surface area contributed by atoms with Crippen molar-refractivity contribution < 1.29 is 22.7 Å². The first-order valence-electron chi connectivity index (χ1n) is 16.1. The molecule has 1 saturated carbocycles. The highest BCUT2D eigenvalue weighted by Crippen LogP contribution is 2.47. The Balaban J connectivity index is 1.44. The van der Waals surface area contributed by atoms with E-state index in [2.05, 4.69) is 33.9 Å². The molecule has 238 valence electrons. The molecule has 1 N–H and O–H groups in total. The number of hydrogen-bond donors (Lipinski definition) is 1. The molecule has 6 rings (SSSR count). The number of sulfonamides is 1. The van der Waals surface area contributed by atoms with Crippen LogP contribution in [0.5, 0.6) is 5.75 Å². The number of nitrogens with zero attached hydrogens (tertiary/aromatic N) is 1. The second-order valence-electron chi connectivity index (χ2n) is 13.8. The Bertz CT molecular complexity index is 1540. The van der Waals surface area contributed by atoms with Gasteiger partial charge in [-0.2, -0.15) is 0 Å². The average molecular weight is 641 g/mol. The zero-order valence-corrected chi connectivity index (χ0v) is 27.8. The SMILES string of the molecule is CO[C@H]1/C=C/C[C@H](C)C(C(C)C)S(=O)(=O)NC(=O)c2ccc3c(c2)N(C[C@@H]2CC[C@H]21)C[C@@]1(CCCc2cc(Cl)ccc21)CO3. The van der Waals surface area contributed by atoms with Crippen LogP contribution in [0.1, 0.15) is 74.4 Å². The lowest BCUT2D eigenvalue weighted by Gasteiger charge is -2.46. The number of rotatable bonds is 2. The number of anilines is 1. The Morgan fingerprint density at radius 3 is 2.70 bits per heavy atom. The monoisotopic (exact) mass is 640 g/mol. The number of aryl methyl sites for hydroxylation is 1. The zero-order valence-electron chi connectivity index (χ0n) is 26.2. The smallest absolute Gasteiger partial charge is 0.264 e. The summed E-state index contributed by atoms with van der Waals surface area (Å²) < 4.78 is 42.3. The van der Waals surface area contributed by atoms with E-state index in [1.165, 1.54) is 11.1 Å². The molecular weight excluding hydrogens is 596 g/mol. The highest BCUT2D eigenvalue weighted by molar-refractivity contribution is 7.90. The van der Waals surface area contributed by atoms with E-state index >= 15 is 0 Å². The third-order valence-corrected chi connectivity index (χ3v) is 13.0. The lowest BCUT2D eigenvalue weighted by Crippen LogP contribution is -2.49. The van der Waals surface area contributed by atoms with Crippen molar-refractivity contribution in [3.8, 4) is 5.75 Å². The molecule has 0 saturated heterocycles. The van der Waals surface area contributed by atoms with Gasteiger partial charge < -0.3 is 14.4 Å². The van der Waals surface area contributed by atoms with Crippen LogP contribution in [0.4, 0.5) is 5.69 Å². The standard InChI is InChI=1S/C35H45ClN2O5S/c1-22(2)33-23(3)7-5-9-31(42-4)28-13-10-26(28)19-38-20-35(16-6-8-24-17-27(36)12-14-29(24)35)21-43-32-15-11-25(18-30(32)38)34(39)37-44(33,40)41/h5,9,11-12,14-15,17-18,22-23,26,28,31,33H,6-8,10,13,16,19-21H2,1-4H3,(H,37,39)/b9-5+/t23-,26-,28+,31-,33?,35-/m0/s1. The fraction of sp³-hybridized carbons (Fsp3) is 0.571. The summed E-state index contributed by atoms with van der Waals surface area (Å²) in [6, 6.07) is 11.6.